The van der Waals surface area contributed by atoms with Crippen molar-refractivity contribution >= 4 is 15.9 Å². The summed E-state index contributed by atoms with van der Waals surface area (Å²) in [6.07, 6.45) is 1.72. The highest BCUT2D eigenvalue weighted by Gasteiger charge is 2.24. The Morgan fingerprint density at radius 1 is 1.12 bits per heavy atom. The van der Waals surface area contributed by atoms with Gasteiger partial charge in [0.25, 0.3) is 0 Å². The van der Waals surface area contributed by atoms with Crippen molar-refractivity contribution < 1.29 is 13.2 Å². The summed E-state index contributed by atoms with van der Waals surface area (Å²) in [4.78, 5) is 12.5. The molecule has 25 heavy (non-hydrogen) atoms. The number of nitrogens with one attached hydrogen (secondary N) is 2. The molecular weight excluding hydrogens is 336 g/mol. The van der Waals surface area contributed by atoms with Crippen LogP contribution in [0, 0.1) is 6.92 Å². The molecule has 0 aromatic heterocycles. The summed E-state index contributed by atoms with van der Waals surface area (Å²) in [5.74, 6) is -0.389. The van der Waals surface area contributed by atoms with Crippen LogP contribution in [0.4, 0.5) is 0 Å². The molecule has 1 amide bonds. The third-order valence-corrected chi connectivity index (χ3v) is 5.14. The average molecular weight is 358 g/mol. The standard InChI is InChI=1S/C19H22N2O3S/c1-3-7-18(19(22)20-14-16-8-5-4-6-9-16)21-25(23,24)17-12-10-15(2)11-13-17/h3-6,8-13,18,21H,1,7,14H2,2H3,(H,20,22). The Labute approximate surface area is 148 Å². The van der Waals surface area contributed by atoms with E-state index in [2.05, 4.69) is 16.6 Å². The molecule has 2 rings (SSSR count). The lowest BCUT2D eigenvalue weighted by Crippen LogP contribution is -2.46. The van der Waals surface area contributed by atoms with Gasteiger partial charge in [0, 0.05) is 6.54 Å². The molecule has 1 atom stereocenters. The summed E-state index contributed by atoms with van der Waals surface area (Å²) < 4.78 is 27.4. The number of carbonyl (C=O) groups excluding carboxylic acids is 1. The molecule has 0 aliphatic carbocycles. The Kier molecular flexibility index (Phi) is 6.50. The van der Waals surface area contributed by atoms with Gasteiger partial charge in [0.05, 0.1) is 4.90 Å². The van der Waals surface area contributed by atoms with E-state index in [9.17, 15) is 13.2 Å². The van der Waals surface area contributed by atoms with Crippen LogP contribution in [-0.4, -0.2) is 20.4 Å². The zero-order valence-electron chi connectivity index (χ0n) is 14.1. The molecular formula is C19H22N2O3S. The van der Waals surface area contributed by atoms with Crippen molar-refractivity contribution in [3.05, 3.63) is 78.4 Å². The molecule has 0 saturated carbocycles. The first kappa shape index (κ1) is 18.9. The van der Waals surface area contributed by atoms with Gasteiger partial charge in [-0.2, -0.15) is 4.72 Å². The molecule has 0 aliphatic rings. The van der Waals surface area contributed by atoms with Gasteiger partial charge in [0.2, 0.25) is 15.9 Å². The summed E-state index contributed by atoms with van der Waals surface area (Å²) in [5.41, 5.74) is 1.90. The monoisotopic (exact) mass is 358 g/mol. The van der Waals surface area contributed by atoms with Gasteiger partial charge in [-0.1, -0.05) is 54.1 Å². The van der Waals surface area contributed by atoms with Crippen LogP contribution in [0.3, 0.4) is 0 Å². The summed E-state index contributed by atoms with van der Waals surface area (Å²) >= 11 is 0. The molecule has 132 valence electrons. The second-order valence-electron chi connectivity index (χ2n) is 5.71. The van der Waals surface area contributed by atoms with E-state index in [-0.39, 0.29) is 17.2 Å². The number of amides is 1. The number of carbonyl (C=O) groups is 1. The number of aryl methyl sites for hydroxylation is 1. The average Bonchev–Trinajstić information content (AvgIpc) is 2.60. The van der Waals surface area contributed by atoms with Gasteiger partial charge < -0.3 is 5.32 Å². The van der Waals surface area contributed by atoms with Gasteiger partial charge in [-0.25, -0.2) is 8.42 Å². The highest BCUT2D eigenvalue weighted by atomic mass is 32.2. The third-order valence-electron chi connectivity index (χ3n) is 3.66. The highest BCUT2D eigenvalue weighted by molar-refractivity contribution is 7.89. The van der Waals surface area contributed by atoms with Crippen LogP contribution in [0.5, 0.6) is 0 Å². The Hall–Kier alpha value is -2.44. The Balaban J connectivity index is 2.07. The molecule has 5 nitrogen and oxygen atoms in total. The zero-order valence-corrected chi connectivity index (χ0v) is 14.9. The number of hydrogen-bond acceptors (Lipinski definition) is 3. The van der Waals surface area contributed by atoms with Crippen LogP contribution in [0.25, 0.3) is 0 Å². The highest BCUT2D eigenvalue weighted by Crippen LogP contribution is 2.11. The number of sulfonamides is 1. The third kappa shape index (κ3) is 5.55. The molecule has 2 N–H and O–H groups in total. The molecule has 0 heterocycles. The van der Waals surface area contributed by atoms with Crippen LogP contribution in [-0.2, 0) is 21.4 Å². The van der Waals surface area contributed by atoms with E-state index in [0.29, 0.717) is 6.54 Å². The van der Waals surface area contributed by atoms with E-state index in [1.54, 1.807) is 12.1 Å². The second kappa shape index (κ2) is 8.60. The predicted octanol–water partition coefficient (Wildman–Crippen LogP) is 2.53. The van der Waals surface area contributed by atoms with Crippen molar-refractivity contribution in [1.29, 1.82) is 0 Å². The Bertz CT molecular complexity index is 816. The van der Waals surface area contributed by atoms with E-state index >= 15 is 0 Å². The molecule has 0 spiro atoms. The Morgan fingerprint density at radius 3 is 2.36 bits per heavy atom. The number of rotatable bonds is 8. The van der Waals surface area contributed by atoms with Crippen molar-refractivity contribution in [3.63, 3.8) is 0 Å². The van der Waals surface area contributed by atoms with E-state index in [1.807, 2.05) is 37.3 Å². The van der Waals surface area contributed by atoms with Gasteiger partial charge in [0.1, 0.15) is 6.04 Å². The van der Waals surface area contributed by atoms with E-state index in [0.717, 1.165) is 11.1 Å². The maximum absolute atomic E-state index is 12.5. The molecule has 2 aromatic rings. The van der Waals surface area contributed by atoms with Crippen LogP contribution >= 0.6 is 0 Å². The number of benzene rings is 2. The van der Waals surface area contributed by atoms with Crippen LogP contribution in [0.15, 0.2) is 72.1 Å². The quantitative estimate of drug-likeness (QED) is 0.712. The summed E-state index contributed by atoms with van der Waals surface area (Å²) in [6, 6.07) is 15.0. The van der Waals surface area contributed by atoms with Crippen molar-refractivity contribution in [1.82, 2.24) is 10.0 Å². The fraction of sp³-hybridized carbons (Fsp3) is 0.211. The lowest BCUT2D eigenvalue weighted by atomic mass is 10.2. The maximum Gasteiger partial charge on any atom is 0.241 e. The fourth-order valence-electron chi connectivity index (χ4n) is 2.26. The molecule has 6 heteroatoms. The smallest absolute Gasteiger partial charge is 0.241 e. The number of hydrogen-bond donors (Lipinski definition) is 2. The molecule has 0 saturated heterocycles. The van der Waals surface area contributed by atoms with Gasteiger partial charge >= 0.3 is 0 Å². The maximum atomic E-state index is 12.5. The van der Waals surface area contributed by atoms with Crippen molar-refractivity contribution in [3.8, 4) is 0 Å². The lowest BCUT2D eigenvalue weighted by molar-refractivity contribution is -0.122. The van der Waals surface area contributed by atoms with E-state index in [4.69, 9.17) is 0 Å². The van der Waals surface area contributed by atoms with E-state index in [1.165, 1.54) is 18.2 Å². The van der Waals surface area contributed by atoms with Crippen molar-refractivity contribution in [2.75, 3.05) is 0 Å². The lowest BCUT2D eigenvalue weighted by Gasteiger charge is -2.17. The SMILES string of the molecule is C=CCC(NS(=O)(=O)c1ccc(C)cc1)C(=O)NCc1ccccc1. The first-order valence-electron chi connectivity index (χ1n) is 7.94. The van der Waals surface area contributed by atoms with Crippen LogP contribution in [0.2, 0.25) is 0 Å². The molecule has 1 unspecified atom stereocenters. The van der Waals surface area contributed by atoms with Gasteiger partial charge in [-0.3, -0.25) is 4.79 Å². The topological polar surface area (TPSA) is 75.3 Å². The largest absolute Gasteiger partial charge is 0.351 e. The van der Waals surface area contributed by atoms with Crippen LogP contribution < -0.4 is 10.0 Å². The molecule has 0 fully saturated rings. The van der Waals surface area contributed by atoms with Gasteiger partial charge in [-0.15, -0.1) is 6.58 Å². The minimum Gasteiger partial charge on any atom is -0.351 e. The predicted molar refractivity (Wildman–Crippen MR) is 98.4 cm³/mol. The van der Waals surface area contributed by atoms with Crippen LogP contribution in [0.1, 0.15) is 17.5 Å². The summed E-state index contributed by atoms with van der Waals surface area (Å²) in [7, 11) is -3.79. The minimum atomic E-state index is -3.79. The molecule has 0 radical (unpaired) electrons. The first-order valence-corrected chi connectivity index (χ1v) is 9.42. The Morgan fingerprint density at radius 2 is 1.76 bits per heavy atom. The molecule has 0 aliphatic heterocycles. The fourth-order valence-corrected chi connectivity index (χ4v) is 3.46. The molecule has 0 bridgehead atoms. The van der Waals surface area contributed by atoms with Crippen molar-refractivity contribution in [2.24, 2.45) is 0 Å². The summed E-state index contributed by atoms with van der Waals surface area (Å²) in [6.45, 7) is 5.81. The van der Waals surface area contributed by atoms with Crippen molar-refractivity contribution in [2.45, 2.75) is 30.8 Å². The van der Waals surface area contributed by atoms with Gasteiger partial charge in [0.15, 0.2) is 0 Å². The molecule has 2 aromatic carbocycles. The normalized spacial score (nSPS) is 12.4. The first-order chi connectivity index (χ1) is 11.9. The van der Waals surface area contributed by atoms with Gasteiger partial charge in [-0.05, 0) is 31.0 Å². The second-order valence-corrected chi connectivity index (χ2v) is 7.43. The minimum absolute atomic E-state index is 0.128. The summed E-state index contributed by atoms with van der Waals surface area (Å²) in [5, 5.41) is 2.75. The zero-order chi connectivity index (χ0) is 18.3. The van der Waals surface area contributed by atoms with E-state index < -0.39 is 16.1 Å².